The summed E-state index contributed by atoms with van der Waals surface area (Å²) in [5.74, 6) is -1.85. The average molecular weight is 367 g/mol. The third-order valence-corrected chi connectivity index (χ3v) is 4.11. The Balaban J connectivity index is 1.78. The lowest BCUT2D eigenvalue weighted by molar-refractivity contribution is -0.119. The number of hydrazone groups is 1. The third-order valence-electron chi connectivity index (χ3n) is 4.11. The molecule has 2 aliphatic heterocycles. The summed E-state index contributed by atoms with van der Waals surface area (Å²) in [6.07, 6.45) is 0.0631. The molecular weight excluding hydrogens is 348 g/mol. The van der Waals surface area contributed by atoms with Gasteiger partial charge in [0, 0.05) is 32.6 Å². The minimum atomic E-state index is -0.797. The highest BCUT2D eigenvalue weighted by molar-refractivity contribution is 5.90. The molecule has 0 radical (unpaired) electrons. The number of rotatable bonds is 4. The Morgan fingerprint density at radius 2 is 2.04 bits per heavy atom. The Morgan fingerprint density at radius 1 is 1.35 bits per heavy atom. The van der Waals surface area contributed by atoms with Crippen LogP contribution in [0.2, 0.25) is 0 Å². The topological polar surface area (TPSA) is 77.5 Å². The number of ether oxygens (including phenoxy) is 1. The summed E-state index contributed by atoms with van der Waals surface area (Å²) < 4.78 is 34.2. The first-order chi connectivity index (χ1) is 12.3. The molecule has 1 aromatic rings. The molecule has 0 saturated carbocycles. The number of cyclic esters (lactones) is 1. The van der Waals surface area contributed by atoms with Crippen LogP contribution in [0.4, 0.5) is 25.0 Å². The van der Waals surface area contributed by atoms with Gasteiger partial charge in [0.2, 0.25) is 5.91 Å². The van der Waals surface area contributed by atoms with Crippen LogP contribution in [0.15, 0.2) is 17.2 Å². The lowest BCUT2D eigenvalue weighted by Crippen LogP contribution is -2.37. The van der Waals surface area contributed by atoms with Gasteiger partial charge in [-0.25, -0.2) is 13.6 Å². The first-order valence-electron chi connectivity index (χ1n) is 8.08. The zero-order chi connectivity index (χ0) is 18.8. The van der Waals surface area contributed by atoms with E-state index in [1.165, 1.54) is 18.2 Å². The first-order valence-corrected chi connectivity index (χ1v) is 8.08. The van der Waals surface area contributed by atoms with E-state index in [0.717, 1.165) is 17.0 Å². The summed E-state index contributed by atoms with van der Waals surface area (Å²) in [4.78, 5) is 25.5. The van der Waals surface area contributed by atoms with E-state index in [1.807, 2.05) is 0 Å². The highest BCUT2D eigenvalue weighted by Crippen LogP contribution is 2.31. The van der Waals surface area contributed by atoms with Crippen LogP contribution in [0.3, 0.4) is 0 Å². The second-order valence-corrected chi connectivity index (χ2v) is 6.12. The van der Waals surface area contributed by atoms with Crippen molar-refractivity contribution in [3.8, 4) is 0 Å². The van der Waals surface area contributed by atoms with Crippen molar-refractivity contribution in [2.75, 3.05) is 43.0 Å². The van der Waals surface area contributed by atoms with Gasteiger partial charge in [0.05, 0.1) is 25.3 Å². The highest BCUT2D eigenvalue weighted by Gasteiger charge is 2.33. The standard InChI is InChI=1S/C16H19F2N5O3/c1-10(24)19-7-12-8-23(16(25)26-12)11-5-13(17)15(14(18)6-11)22-4-3-21(2)20-9-22/h5-6,9,12H,3-4,7-8H2,1-2H3,(H,19,24)/t12-/m0/s1. The molecule has 1 fully saturated rings. The molecule has 0 aliphatic carbocycles. The van der Waals surface area contributed by atoms with Crippen molar-refractivity contribution in [3.05, 3.63) is 23.8 Å². The van der Waals surface area contributed by atoms with E-state index in [1.54, 1.807) is 12.1 Å². The minimum Gasteiger partial charge on any atom is -0.442 e. The molecule has 10 heteroatoms. The van der Waals surface area contributed by atoms with E-state index in [9.17, 15) is 18.4 Å². The Kier molecular flexibility index (Phi) is 4.92. The third kappa shape index (κ3) is 3.68. The molecule has 2 amide bonds. The van der Waals surface area contributed by atoms with E-state index in [2.05, 4.69) is 10.4 Å². The van der Waals surface area contributed by atoms with Crippen molar-refractivity contribution in [2.45, 2.75) is 13.0 Å². The molecule has 0 spiro atoms. The number of hydrogen-bond donors (Lipinski definition) is 1. The van der Waals surface area contributed by atoms with Gasteiger partial charge in [-0.2, -0.15) is 5.10 Å². The van der Waals surface area contributed by atoms with E-state index in [0.29, 0.717) is 13.1 Å². The fourth-order valence-electron chi connectivity index (χ4n) is 2.77. The molecule has 1 aromatic carbocycles. The SMILES string of the molecule is CC(=O)NC[C@H]1CN(c2cc(F)c(N3C=NN(C)CC3)c(F)c2)C(=O)O1. The van der Waals surface area contributed by atoms with Crippen LogP contribution in [0.5, 0.6) is 0 Å². The van der Waals surface area contributed by atoms with Crippen LogP contribution in [-0.4, -0.2) is 62.7 Å². The van der Waals surface area contributed by atoms with E-state index in [-0.39, 0.29) is 30.4 Å². The Morgan fingerprint density at radius 3 is 2.62 bits per heavy atom. The summed E-state index contributed by atoms with van der Waals surface area (Å²) in [6, 6.07) is 2.18. The normalized spacial score (nSPS) is 19.8. The predicted molar refractivity (Wildman–Crippen MR) is 91.1 cm³/mol. The lowest BCUT2D eigenvalue weighted by Gasteiger charge is -2.28. The van der Waals surface area contributed by atoms with Crippen LogP contribution in [0.25, 0.3) is 0 Å². The molecular formula is C16H19F2N5O3. The number of halogens is 2. The average Bonchev–Trinajstić information content (AvgIpc) is 2.95. The number of likely N-dealkylation sites (N-methyl/N-ethyl adjacent to an activating group) is 1. The Labute approximate surface area is 149 Å². The molecule has 0 unspecified atom stereocenters. The zero-order valence-corrected chi connectivity index (χ0v) is 14.4. The Bertz CT molecular complexity index is 734. The van der Waals surface area contributed by atoms with Gasteiger partial charge in [-0.15, -0.1) is 0 Å². The summed E-state index contributed by atoms with van der Waals surface area (Å²) in [5.41, 5.74) is -0.155. The number of hydrogen-bond acceptors (Lipinski definition) is 6. The summed E-state index contributed by atoms with van der Waals surface area (Å²) in [6.45, 7) is 2.49. The molecule has 26 heavy (non-hydrogen) atoms. The van der Waals surface area contributed by atoms with Crippen LogP contribution >= 0.6 is 0 Å². The maximum Gasteiger partial charge on any atom is 0.414 e. The minimum absolute atomic E-state index is 0.0603. The number of carbonyl (C=O) groups excluding carboxylic acids is 2. The molecule has 8 nitrogen and oxygen atoms in total. The monoisotopic (exact) mass is 367 g/mol. The van der Waals surface area contributed by atoms with Gasteiger partial charge in [-0.3, -0.25) is 14.7 Å². The van der Waals surface area contributed by atoms with Crippen molar-refractivity contribution in [2.24, 2.45) is 5.10 Å². The number of carbonyl (C=O) groups is 2. The molecule has 1 N–H and O–H groups in total. The molecule has 0 aromatic heterocycles. The number of nitrogens with zero attached hydrogens (tertiary/aromatic N) is 4. The molecule has 1 atom stereocenters. The maximum absolute atomic E-state index is 14.5. The van der Waals surface area contributed by atoms with Gasteiger partial charge in [0.25, 0.3) is 0 Å². The molecule has 2 heterocycles. The smallest absolute Gasteiger partial charge is 0.414 e. The van der Waals surface area contributed by atoms with Gasteiger partial charge in [-0.05, 0) is 0 Å². The van der Waals surface area contributed by atoms with Gasteiger partial charge in [0.15, 0.2) is 11.6 Å². The van der Waals surface area contributed by atoms with Crippen LogP contribution < -0.4 is 15.1 Å². The zero-order valence-electron chi connectivity index (χ0n) is 14.4. The second kappa shape index (κ2) is 7.14. The van der Waals surface area contributed by atoms with Crippen LogP contribution in [-0.2, 0) is 9.53 Å². The van der Waals surface area contributed by atoms with E-state index in [4.69, 9.17) is 4.74 Å². The molecule has 1 saturated heterocycles. The fraction of sp³-hybridized carbons (Fsp3) is 0.438. The largest absolute Gasteiger partial charge is 0.442 e. The number of amides is 2. The van der Waals surface area contributed by atoms with Gasteiger partial charge in [0.1, 0.15) is 18.1 Å². The lowest BCUT2D eigenvalue weighted by atomic mass is 10.2. The summed E-state index contributed by atoms with van der Waals surface area (Å²) in [5, 5.41) is 8.21. The van der Waals surface area contributed by atoms with E-state index < -0.39 is 23.8 Å². The predicted octanol–water partition coefficient (Wildman–Crippen LogP) is 1.12. The number of nitrogens with one attached hydrogen (secondary N) is 1. The number of anilines is 2. The van der Waals surface area contributed by atoms with Crippen LogP contribution in [0, 0.1) is 11.6 Å². The molecule has 3 rings (SSSR count). The Hall–Kier alpha value is -2.91. The van der Waals surface area contributed by atoms with Crippen molar-refractivity contribution < 1.29 is 23.1 Å². The first kappa shape index (κ1) is 17.9. The number of benzene rings is 1. The van der Waals surface area contributed by atoms with Crippen molar-refractivity contribution >= 4 is 29.7 Å². The fourth-order valence-corrected chi connectivity index (χ4v) is 2.77. The second-order valence-electron chi connectivity index (χ2n) is 6.12. The summed E-state index contributed by atoms with van der Waals surface area (Å²) in [7, 11) is 1.76. The van der Waals surface area contributed by atoms with Crippen molar-refractivity contribution in [1.29, 1.82) is 0 Å². The van der Waals surface area contributed by atoms with Crippen LogP contribution in [0.1, 0.15) is 6.92 Å². The van der Waals surface area contributed by atoms with E-state index >= 15 is 0 Å². The van der Waals surface area contributed by atoms with Crippen molar-refractivity contribution in [1.82, 2.24) is 10.3 Å². The summed E-state index contributed by atoms with van der Waals surface area (Å²) >= 11 is 0. The van der Waals surface area contributed by atoms with Gasteiger partial charge >= 0.3 is 6.09 Å². The molecule has 2 aliphatic rings. The van der Waals surface area contributed by atoms with Gasteiger partial charge < -0.3 is 15.0 Å². The van der Waals surface area contributed by atoms with Crippen molar-refractivity contribution in [3.63, 3.8) is 0 Å². The highest BCUT2D eigenvalue weighted by atomic mass is 19.1. The maximum atomic E-state index is 14.5. The molecule has 140 valence electrons. The molecule has 0 bridgehead atoms. The quantitative estimate of drug-likeness (QED) is 0.863. The van der Waals surface area contributed by atoms with Gasteiger partial charge in [-0.1, -0.05) is 0 Å².